The SMILES string of the molecule is Cc1ccc(-n2ncc(C(=O)Nc3ccc(Oc4ccnc(N)c4Cl)c(F)c3)c2C(F)(F)F)nc1. The number of alkyl halides is 3. The van der Waals surface area contributed by atoms with Crippen LogP contribution in [0, 0.1) is 12.7 Å². The van der Waals surface area contributed by atoms with Gasteiger partial charge in [-0.05, 0) is 30.7 Å². The van der Waals surface area contributed by atoms with Crippen LogP contribution in [0.15, 0.2) is 55.0 Å². The van der Waals surface area contributed by atoms with E-state index in [1.54, 1.807) is 13.0 Å². The van der Waals surface area contributed by atoms with Crippen molar-refractivity contribution in [3.05, 3.63) is 82.6 Å². The van der Waals surface area contributed by atoms with Gasteiger partial charge in [0.15, 0.2) is 28.8 Å². The number of benzene rings is 1. The molecule has 0 radical (unpaired) electrons. The van der Waals surface area contributed by atoms with Crippen LogP contribution in [0.1, 0.15) is 21.6 Å². The lowest BCUT2D eigenvalue weighted by Crippen LogP contribution is -2.21. The lowest BCUT2D eigenvalue weighted by Gasteiger charge is -2.13. The number of ether oxygens (including phenoxy) is 1. The fourth-order valence-corrected chi connectivity index (χ4v) is 3.20. The van der Waals surface area contributed by atoms with Gasteiger partial charge in [0.1, 0.15) is 10.8 Å². The Morgan fingerprint density at radius 2 is 1.89 bits per heavy atom. The molecular weight excluding hydrogens is 492 g/mol. The van der Waals surface area contributed by atoms with E-state index in [0.717, 1.165) is 17.8 Å². The summed E-state index contributed by atoms with van der Waals surface area (Å²) in [5.74, 6) is -2.41. The largest absolute Gasteiger partial charge is 0.453 e. The Labute approximate surface area is 200 Å². The van der Waals surface area contributed by atoms with Crippen LogP contribution in [0.25, 0.3) is 5.82 Å². The predicted octanol–water partition coefficient (Wildman–Crippen LogP) is 5.41. The second-order valence-corrected chi connectivity index (χ2v) is 7.60. The van der Waals surface area contributed by atoms with Gasteiger partial charge in [-0.3, -0.25) is 4.79 Å². The third-order valence-corrected chi connectivity index (χ3v) is 5.07. The van der Waals surface area contributed by atoms with Crippen molar-refractivity contribution in [3.8, 4) is 17.3 Å². The standard InChI is InChI=1S/C22H15ClF4N6O2/c1-11-2-5-17(30-9-11)33-19(22(25,26)27)13(10-31-33)21(34)32-12-3-4-15(14(24)8-12)35-16-6-7-29-20(28)18(16)23/h2-10H,1H3,(H2,28,29)(H,32,34). The lowest BCUT2D eigenvalue weighted by molar-refractivity contribution is -0.143. The highest BCUT2D eigenvalue weighted by molar-refractivity contribution is 6.34. The second-order valence-electron chi connectivity index (χ2n) is 7.22. The Kier molecular flexibility index (Phi) is 6.31. The van der Waals surface area contributed by atoms with Crippen molar-refractivity contribution in [1.82, 2.24) is 19.7 Å². The summed E-state index contributed by atoms with van der Waals surface area (Å²) < 4.78 is 61.9. The zero-order valence-electron chi connectivity index (χ0n) is 17.8. The third-order valence-electron chi connectivity index (χ3n) is 4.69. The average molecular weight is 507 g/mol. The number of rotatable bonds is 5. The van der Waals surface area contributed by atoms with Crippen molar-refractivity contribution in [2.75, 3.05) is 11.1 Å². The Balaban J connectivity index is 1.60. The minimum Gasteiger partial charge on any atom is -0.453 e. The molecule has 0 aliphatic heterocycles. The maximum absolute atomic E-state index is 14.6. The first-order valence-electron chi connectivity index (χ1n) is 9.81. The van der Waals surface area contributed by atoms with Gasteiger partial charge in [-0.15, -0.1) is 0 Å². The van der Waals surface area contributed by atoms with Crippen LogP contribution in [0.2, 0.25) is 5.02 Å². The molecule has 0 fully saturated rings. The normalized spacial score (nSPS) is 11.4. The van der Waals surface area contributed by atoms with Gasteiger partial charge in [0, 0.05) is 30.2 Å². The molecule has 3 heterocycles. The molecule has 0 unspecified atom stereocenters. The molecule has 0 atom stereocenters. The number of nitrogens with one attached hydrogen (secondary N) is 1. The number of nitrogen functional groups attached to an aromatic ring is 1. The number of nitrogens with two attached hydrogens (primary N) is 1. The number of aryl methyl sites for hydroxylation is 1. The number of nitrogens with zero attached hydrogens (tertiary/aromatic N) is 4. The number of hydrogen-bond donors (Lipinski definition) is 2. The molecule has 0 aliphatic carbocycles. The summed E-state index contributed by atoms with van der Waals surface area (Å²) in [6.45, 7) is 1.72. The van der Waals surface area contributed by atoms with Gasteiger partial charge in [-0.1, -0.05) is 17.7 Å². The molecule has 35 heavy (non-hydrogen) atoms. The van der Waals surface area contributed by atoms with Gasteiger partial charge < -0.3 is 15.8 Å². The van der Waals surface area contributed by atoms with Crippen LogP contribution >= 0.6 is 11.6 Å². The summed E-state index contributed by atoms with van der Waals surface area (Å²) in [6, 6.07) is 7.56. The van der Waals surface area contributed by atoms with E-state index in [-0.39, 0.29) is 33.8 Å². The first-order valence-corrected chi connectivity index (χ1v) is 10.2. The smallest absolute Gasteiger partial charge is 0.434 e. The molecule has 13 heteroatoms. The molecule has 0 bridgehead atoms. The van der Waals surface area contributed by atoms with Gasteiger partial charge in [0.2, 0.25) is 0 Å². The first kappa shape index (κ1) is 24.0. The van der Waals surface area contributed by atoms with Crippen molar-refractivity contribution < 1.29 is 27.1 Å². The third kappa shape index (κ3) is 5.01. The Morgan fingerprint density at radius 1 is 1.11 bits per heavy atom. The lowest BCUT2D eigenvalue weighted by atomic mass is 10.2. The van der Waals surface area contributed by atoms with Crippen molar-refractivity contribution in [3.63, 3.8) is 0 Å². The van der Waals surface area contributed by atoms with Crippen molar-refractivity contribution in [2.24, 2.45) is 0 Å². The zero-order chi connectivity index (χ0) is 25.3. The monoisotopic (exact) mass is 506 g/mol. The van der Waals surface area contributed by atoms with E-state index in [1.165, 1.54) is 36.7 Å². The summed E-state index contributed by atoms with van der Waals surface area (Å²) in [5, 5.41) is 5.90. The number of aromatic nitrogens is 4. The van der Waals surface area contributed by atoms with Gasteiger partial charge >= 0.3 is 6.18 Å². The van der Waals surface area contributed by atoms with Gasteiger partial charge in [-0.2, -0.15) is 18.3 Å². The first-order chi connectivity index (χ1) is 16.5. The van der Waals surface area contributed by atoms with Crippen LogP contribution < -0.4 is 15.8 Å². The van der Waals surface area contributed by atoms with E-state index in [1.807, 2.05) is 0 Å². The summed E-state index contributed by atoms with van der Waals surface area (Å²) >= 11 is 5.97. The maximum Gasteiger partial charge on any atom is 0.434 e. The number of halogens is 5. The summed E-state index contributed by atoms with van der Waals surface area (Å²) in [4.78, 5) is 20.4. The van der Waals surface area contributed by atoms with Crippen molar-refractivity contribution >= 4 is 29.0 Å². The van der Waals surface area contributed by atoms with Gasteiger partial charge in [-0.25, -0.2) is 19.0 Å². The molecule has 8 nitrogen and oxygen atoms in total. The van der Waals surface area contributed by atoms with E-state index in [9.17, 15) is 22.4 Å². The van der Waals surface area contributed by atoms with Crippen LogP contribution in [-0.2, 0) is 6.18 Å². The van der Waals surface area contributed by atoms with Gasteiger partial charge in [0.25, 0.3) is 5.91 Å². The van der Waals surface area contributed by atoms with Crippen molar-refractivity contribution in [1.29, 1.82) is 0 Å². The minimum absolute atomic E-state index is 0.0182. The molecule has 180 valence electrons. The Bertz CT molecular complexity index is 1410. The average Bonchev–Trinajstić information content (AvgIpc) is 3.25. The maximum atomic E-state index is 14.6. The van der Waals surface area contributed by atoms with E-state index in [2.05, 4.69) is 20.4 Å². The fraction of sp³-hybridized carbons (Fsp3) is 0.0909. The number of carbonyl (C=O) groups excluding carboxylic acids is 1. The van der Waals surface area contributed by atoms with Gasteiger partial charge in [0.05, 0.1) is 11.8 Å². The number of amides is 1. The van der Waals surface area contributed by atoms with E-state index in [4.69, 9.17) is 22.1 Å². The molecule has 0 spiro atoms. The highest BCUT2D eigenvalue weighted by atomic mass is 35.5. The molecule has 3 N–H and O–H groups in total. The fourth-order valence-electron chi connectivity index (χ4n) is 3.04. The summed E-state index contributed by atoms with van der Waals surface area (Å²) in [7, 11) is 0. The number of anilines is 2. The van der Waals surface area contributed by atoms with Crippen LogP contribution in [-0.4, -0.2) is 25.7 Å². The van der Waals surface area contributed by atoms with E-state index < -0.39 is 29.2 Å². The van der Waals surface area contributed by atoms with Crippen molar-refractivity contribution in [2.45, 2.75) is 13.1 Å². The summed E-state index contributed by atoms with van der Waals surface area (Å²) in [5.41, 5.74) is 4.11. The van der Waals surface area contributed by atoms with Crippen LogP contribution in [0.3, 0.4) is 0 Å². The molecule has 4 rings (SSSR count). The number of hydrogen-bond acceptors (Lipinski definition) is 6. The quantitative estimate of drug-likeness (QED) is 0.350. The topological polar surface area (TPSA) is 108 Å². The van der Waals surface area contributed by atoms with Crippen LogP contribution in [0.5, 0.6) is 11.5 Å². The Morgan fingerprint density at radius 3 is 2.54 bits per heavy atom. The molecule has 0 saturated carbocycles. The molecule has 4 aromatic rings. The molecular formula is C22H15ClF4N6O2. The molecule has 0 saturated heterocycles. The summed E-state index contributed by atoms with van der Waals surface area (Å²) in [6.07, 6.45) is -1.47. The Hall–Kier alpha value is -4.19. The minimum atomic E-state index is -4.93. The van der Waals surface area contributed by atoms with E-state index >= 15 is 0 Å². The van der Waals surface area contributed by atoms with E-state index in [0.29, 0.717) is 4.68 Å². The second kappa shape index (κ2) is 9.22. The number of pyridine rings is 2. The molecule has 1 aromatic carbocycles. The molecule has 3 aromatic heterocycles. The molecule has 0 aliphatic rings. The zero-order valence-corrected chi connectivity index (χ0v) is 18.5. The predicted molar refractivity (Wildman–Crippen MR) is 119 cm³/mol. The highest BCUT2D eigenvalue weighted by Crippen LogP contribution is 2.35. The molecule has 1 amide bonds. The number of carbonyl (C=O) groups is 1. The highest BCUT2D eigenvalue weighted by Gasteiger charge is 2.41. The van der Waals surface area contributed by atoms with Crippen LogP contribution in [0.4, 0.5) is 29.1 Å².